The Morgan fingerprint density at radius 3 is 1.62 bits per heavy atom. The summed E-state index contributed by atoms with van der Waals surface area (Å²) in [4.78, 5) is 0. The second-order valence-electron chi connectivity index (χ2n) is 4.59. The van der Waals surface area contributed by atoms with Crippen molar-refractivity contribution >= 4 is 7.25 Å². The summed E-state index contributed by atoms with van der Waals surface area (Å²) < 4.78 is 42.0. The third-order valence-corrected chi connectivity index (χ3v) is 5.17. The molecular formula is C15H16BF4I. The third-order valence-electron chi connectivity index (χ3n) is 2.49. The standard InChI is InChI=1S/C15H16I.BF4/c1-12(2)13-8-10-15(11-9-13)16-14-6-4-3-5-7-14;2-1(3,4)5/h3-12H,1-2H3;/q+1;-1. The van der Waals surface area contributed by atoms with Gasteiger partial charge in [-0.1, -0.05) is 44.2 Å². The van der Waals surface area contributed by atoms with Crippen molar-refractivity contribution in [3.8, 4) is 0 Å². The predicted molar refractivity (Wildman–Crippen MR) is 74.6 cm³/mol. The van der Waals surface area contributed by atoms with E-state index in [9.17, 15) is 17.3 Å². The highest BCUT2D eigenvalue weighted by Gasteiger charge is 2.20. The Kier molecular flexibility index (Phi) is 7.21. The Morgan fingerprint density at radius 1 is 0.762 bits per heavy atom. The Morgan fingerprint density at radius 2 is 1.19 bits per heavy atom. The summed E-state index contributed by atoms with van der Waals surface area (Å²) in [6.07, 6.45) is 0. The molecule has 2 rings (SSSR count). The van der Waals surface area contributed by atoms with Crippen molar-refractivity contribution in [2.45, 2.75) is 19.8 Å². The van der Waals surface area contributed by atoms with Gasteiger partial charge in [0.25, 0.3) is 0 Å². The van der Waals surface area contributed by atoms with E-state index < -0.39 is 7.25 Å². The lowest BCUT2D eigenvalue weighted by Gasteiger charge is -2.02. The second kappa shape index (κ2) is 8.41. The van der Waals surface area contributed by atoms with Crippen LogP contribution in [0.2, 0.25) is 0 Å². The van der Waals surface area contributed by atoms with E-state index in [1.807, 2.05) is 0 Å². The van der Waals surface area contributed by atoms with E-state index in [0.29, 0.717) is 5.92 Å². The van der Waals surface area contributed by atoms with Crippen LogP contribution in [0.5, 0.6) is 0 Å². The Bertz CT molecular complexity index is 518. The molecule has 0 N–H and O–H groups in total. The number of rotatable bonds is 3. The monoisotopic (exact) mass is 410 g/mol. The third kappa shape index (κ3) is 8.75. The van der Waals surface area contributed by atoms with Gasteiger partial charge in [0, 0.05) is 0 Å². The normalized spacial score (nSPS) is 11.0. The fourth-order valence-corrected chi connectivity index (χ4v) is 3.73. The average Bonchev–Trinajstić information content (AvgIpc) is 2.38. The molecule has 0 aliphatic rings. The van der Waals surface area contributed by atoms with Crippen molar-refractivity contribution in [2.75, 3.05) is 0 Å². The van der Waals surface area contributed by atoms with E-state index in [1.54, 1.807) is 0 Å². The van der Waals surface area contributed by atoms with E-state index in [2.05, 4.69) is 68.4 Å². The minimum Gasteiger partial charge on any atom is -0.418 e. The van der Waals surface area contributed by atoms with Crippen LogP contribution in [0.4, 0.5) is 17.3 Å². The molecule has 0 aromatic heterocycles. The Hall–Kier alpha value is -1.05. The molecule has 0 fully saturated rings. The topological polar surface area (TPSA) is 0 Å². The lowest BCUT2D eigenvalue weighted by Crippen LogP contribution is -3.61. The zero-order chi connectivity index (χ0) is 15.9. The van der Waals surface area contributed by atoms with E-state index in [0.717, 1.165) is 0 Å². The lowest BCUT2D eigenvalue weighted by atomic mass is 10.0. The van der Waals surface area contributed by atoms with Crippen LogP contribution in [0.25, 0.3) is 0 Å². The van der Waals surface area contributed by atoms with Crippen LogP contribution in [0.3, 0.4) is 0 Å². The maximum absolute atomic E-state index is 9.75. The molecule has 0 unspecified atom stereocenters. The summed E-state index contributed by atoms with van der Waals surface area (Å²) in [6, 6.07) is 19.9. The highest BCUT2D eigenvalue weighted by atomic mass is 127. The Balaban J connectivity index is 0.000000383. The molecule has 2 aromatic carbocycles. The van der Waals surface area contributed by atoms with Crippen molar-refractivity contribution < 1.29 is 38.5 Å². The number of hydrogen-bond donors (Lipinski definition) is 0. The fraction of sp³-hybridized carbons (Fsp3) is 0.200. The molecule has 6 heteroatoms. The molecule has 0 amide bonds. The highest BCUT2D eigenvalue weighted by molar-refractivity contribution is 6.50. The zero-order valence-electron chi connectivity index (χ0n) is 11.7. The van der Waals surface area contributed by atoms with Crippen LogP contribution >= 0.6 is 0 Å². The second-order valence-corrected chi connectivity index (χ2v) is 7.62. The molecule has 2 aromatic rings. The first-order valence-electron chi connectivity index (χ1n) is 6.43. The van der Waals surface area contributed by atoms with E-state index in [1.165, 1.54) is 12.7 Å². The van der Waals surface area contributed by atoms with Gasteiger partial charge in [-0.05, 0) is 35.7 Å². The minimum absolute atomic E-state index is 0.00394. The molecule has 0 aliphatic carbocycles. The van der Waals surface area contributed by atoms with Crippen LogP contribution in [0.15, 0.2) is 54.6 Å². The molecule has 114 valence electrons. The molecule has 0 nitrogen and oxygen atoms in total. The number of benzene rings is 2. The summed E-state index contributed by atoms with van der Waals surface area (Å²) in [7, 11) is -6.00. The van der Waals surface area contributed by atoms with Crippen molar-refractivity contribution in [2.24, 2.45) is 0 Å². The maximum Gasteiger partial charge on any atom is 0.673 e. The van der Waals surface area contributed by atoms with E-state index in [-0.39, 0.29) is 21.2 Å². The quantitative estimate of drug-likeness (QED) is 0.414. The molecule has 0 spiro atoms. The van der Waals surface area contributed by atoms with Crippen molar-refractivity contribution in [1.82, 2.24) is 0 Å². The molecule has 0 aliphatic heterocycles. The summed E-state index contributed by atoms with van der Waals surface area (Å²) in [5, 5.41) is 0. The molecule has 0 saturated heterocycles. The largest absolute Gasteiger partial charge is 0.673 e. The van der Waals surface area contributed by atoms with Crippen molar-refractivity contribution in [3.05, 3.63) is 67.3 Å². The average molecular weight is 410 g/mol. The predicted octanol–water partition coefficient (Wildman–Crippen LogP) is 2.24. The van der Waals surface area contributed by atoms with Crippen molar-refractivity contribution in [3.63, 3.8) is 0 Å². The van der Waals surface area contributed by atoms with E-state index >= 15 is 0 Å². The van der Waals surface area contributed by atoms with E-state index in [4.69, 9.17) is 0 Å². The van der Waals surface area contributed by atoms with Gasteiger partial charge in [0.1, 0.15) is 0 Å². The minimum atomic E-state index is -6.00. The van der Waals surface area contributed by atoms with Crippen LogP contribution in [-0.2, 0) is 0 Å². The van der Waals surface area contributed by atoms with Crippen LogP contribution in [0.1, 0.15) is 25.3 Å². The molecule has 0 atom stereocenters. The molecule has 0 heterocycles. The van der Waals surface area contributed by atoms with Gasteiger partial charge in [0.2, 0.25) is 0 Å². The van der Waals surface area contributed by atoms with Gasteiger partial charge in [0.15, 0.2) is 7.14 Å². The number of halogens is 5. The first-order chi connectivity index (χ1) is 9.75. The van der Waals surface area contributed by atoms with Gasteiger partial charge < -0.3 is 17.3 Å². The van der Waals surface area contributed by atoms with Gasteiger partial charge in [-0.3, -0.25) is 0 Å². The van der Waals surface area contributed by atoms with Gasteiger partial charge in [-0.15, -0.1) is 0 Å². The first-order valence-corrected chi connectivity index (χ1v) is 8.58. The van der Waals surface area contributed by atoms with Gasteiger partial charge in [-0.2, -0.15) is 0 Å². The van der Waals surface area contributed by atoms with Crippen LogP contribution in [0, 0.1) is 7.14 Å². The van der Waals surface area contributed by atoms with Gasteiger partial charge in [-0.25, -0.2) is 0 Å². The summed E-state index contributed by atoms with van der Waals surface area (Å²) >= 11 is -0.00394. The molecule has 0 radical (unpaired) electrons. The smallest absolute Gasteiger partial charge is 0.418 e. The zero-order valence-corrected chi connectivity index (χ0v) is 13.9. The summed E-state index contributed by atoms with van der Waals surface area (Å²) in [6.45, 7) is 4.47. The highest BCUT2D eigenvalue weighted by Crippen LogP contribution is 2.12. The molecule has 21 heavy (non-hydrogen) atoms. The molecule has 0 saturated carbocycles. The van der Waals surface area contributed by atoms with Crippen molar-refractivity contribution in [1.29, 1.82) is 0 Å². The van der Waals surface area contributed by atoms with Crippen LogP contribution < -0.4 is 21.2 Å². The molecule has 0 bridgehead atoms. The molecular weight excluding hydrogens is 394 g/mol. The SMILES string of the molecule is CC(C)c1ccc([I+]c2ccccc2)cc1.F[B-](F)(F)F. The summed E-state index contributed by atoms with van der Waals surface area (Å²) in [5.41, 5.74) is 1.43. The number of hydrogen-bond acceptors (Lipinski definition) is 0. The van der Waals surface area contributed by atoms with Crippen LogP contribution in [-0.4, -0.2) is 7.25 Å². The Labute approximate surface area is 132 Å². The maximum atomic E-state index is 9.75. The first kappa shape index (κ1) is 18.0. The summed E-state index contributed by atoms with van der Waals surface area (Å²) in [5.74, 6) is 0.629. The van der Waals surface area contributed by atoms with Gasteiger partial charge in [0.05, 0.1) is 0 Å². The fourth-order valence-electron chi connectivity index (χ4n) is 1.51. The van der Waals surface area contributed by atoms with Gasteiger partial charge >= 0.3 is 28.5 Å². The lowest BCUT2D eigenvalue weighted by molar-refractivity contribution is -0.597.